The van der Waals surface area contributed by atoms with Crippen molar-refractivity contribution in [1.82, 2.24) is 10.2 Å². The van der Waals surface area contributed by atoms with Gasteiger partial charge in [0.2, 0.25) is 0 Å². The molecular weight excluding hydrogens is 192 g/mol. The lowest BCUT2D eigenvalue weighted by Crippen LogP contribution is -2.48. The molecule has 0 aliphatic carbocycles. The maximum absolute atomic E-state index is 11.7. The summed E-state index contributed by atoms with van der Waals surface area (Å²) in [5.41, 5.74) is 0. The molecule has 0 bridgehead atoms. The lowest BCUT2D eigenvalue weighted by molar-refractivity contribution is 0.149. The molecule has 0 radical (unpaired) electrons. The molecule has 0 aromatic heterocycles. The fraction of sp³-hybridized carbons (Fsp3) is 0.909. The van der Waals surface area contributed by atoms with E-state index in [0.717, 1.165) is 31.8 Å². The SMILES string of the molecule is COCC(C)NC(=O)N1CCC(C)CC1. The van der Waals surface area contributed by atoms with E-state index in [4.69, 9.17) is 4.74 Å². The van der Waals surface area contributed by atoms with Crippen molar-refractivity contribution in [2.75, 3.05) is 26.8 Å². The van der Waals surface area contributed by atoms with Crippen LogP contribution in [0.5, 0.6) is 0 Å². The van der Waals surface area contributed by atoms with Crippen molar-refractivity contribution in [2.45, 2.75) is 32.7 Å². The number of likely N-dealkylation sites (tertiary alicyclic amines) is 1. The van der Waals surface area contributed by atoms with Crippen LogP contribution in [0, 0.1) is 5.92 Å². The number of methoxy groups -OCH3 is 1. The summed E-state index contributed by atoms with van der Waals surface area (Å²) in [4.78, 5) is 13.6. The Balaban J connectivity index is 2.27. The second-order valence-corrected chi connectivity index (χ2v) is 4.48. The largest absolute Gasteiger partial charge is 0.383 e. The van der Waals surface area contributed by atoms with Gasteiger partial charge in [0, 0.05) is 20.2 Å². The van der Waals surface area contributed by atoms with Crippen LogP contribution in [-0.2, 0) is 4.74 Å². The van der Waals surface area contributed by atoms with Gasteiger partial charge in [0.15, 0.2) is 0 Å². The smallest absolute Gasteiger partial charge is 0.317 e. The average Bonchev–Trinajstić information content (AvgIpc) is 2.18. The van der Waals surface area contributed by atoms with Crippen LogP contribution in [0.3, 0.4) is 0 Å². The monoisotopic (exact) mass is 214 g/mol. The van der Waals surface area contributed by atoms with Crippen molar-refractivity contribution in [2.24, 2.45) is 5.92 Å². The van der Waals surface area contributed by atoms with Crippen LogP contribution in [0.25, 0.3) is 0 Å². The van der Waals surface area contributed by atoms with E-state index in [9.17, 15) is 4.79 Å². The molecule has 1 unspecified atom stereocenters. The van der Waals surface area contributed by atoms with Gasteiger partial charge in [-0.25, -0.2) is 4.79 Å². The number of carbonyl (C=O) groups is 1. The van der Waals surface area contributed by atoms with Crippen molar-refractivity contribution >= 4 is 6.03 Å². The fourth-order valence-electron chi connectivity index (χ4n) is 1.81. The first-order valence-corrected chi connectivity index (χ1v) is 5.68. The van der Waals surface area contributed by atoms with E-state index >= 15 is 0 Å². The van der Waals surface area contributed by atoms with Gasteiger partial charge in [0.25, 0.3) is 0 Å². The third kappa shape index (κ3) is 4.08. The number of rotatable bonds is 3. The summed E-state index contributed by atoms with van der Waals surface area (Å²) in [5, 5.41) is 2.93. The highest BCUT2D eigenvalue weighted by molar-refractivity contribution is 5.74. The number of hydrogen-bond acceptors (Lipinski definition) is 2. The van der Waals surface area contributed by atoms with Gasteiger partial charge in [-0.3, -0.25) is 0 Å². The van der Waals surface area contributed by atoms with Crippen molar-refractivity contribution in [3.8, 4) is 0 Å². The predicted molar refractivity (Wildman–Crippen MR) is 59.8 cm³/mol. The third-order valence-corrected chi connectivity index (χ3v) is 2.86. The quantitative estimate of drug-likeness (QED) is 0.773. The minimum atomic E-state index is 0.0476. The van der Waals surface area contributed by atoms with Crippen LogP contribution >= 0.6 is 0 Å². The van der Waals surface area contributed by atoms with E-state index in [-0.39, 0.29) is 12.1 Å². The van der Waals surface area contributed by atoms with Gasteiger partial charge in [0.1, 0.15) is 0 Å². The van der Waals surface area contributed by atoms with Crippen molar-refractivity contribution in [3.63, 3.8) is 0 Å². The molecule has 88 valence electrons. The Morgan fingerprint density at radius 2 is 2.13 bits per heavy atom. The van der Waals surface area contributed by atoms with E-state index in [1.54, 1.807) is 7.11 Å². The lowest BCUT2D eigenvalue weighted by atomic mass is 10.00. The molecule has 4 heteroatoms. The van der Waals surface area contributed by atoms with Crippen LogP contribution in [0.15, 0.2) is 0 Å². The molecule has 0 saturated carbocycles. The molecule has 0 aromatic rings. The van der Waals surface area contributed by atoms with Crippen LogP contribution < -0.4 is 5.32 Å². The van der Waals surface area contributed by atoms with E-state index in [2.05, 4.69) is 12.2 Å². The highest BCUT2D eigenvalue weighted by Crippen LogP contribution is 2.15. The summed E-state index contributed by atoms with van der Waals surface area (Å²) in [6.45, 7) is 6.52. The van der Waals surface area contributed by atoms with Gasteiger partial charge in [-0.05, 0) is 25.7 Å². The highest BCUT2D eigenvalue weighted by Gasteiger charge is 2.20. The summed E-state index contributed by atoms with van der Waals surface area (Å²) < 4.78 is 4.98. The van der Waals surface area contributed by atoms with E-state index in [1.807, 2.05) is 11.8 Å². The molecule has 4 nitrogen and oxygen atoms in total. The molecule has 1 saturated heterocycles. The minimum absolute atomic E-state index is 0.0476. The summed E-state index contributed by atoms with van der Waals surface area (Å²) in [5.74, 6) is 0.755. The van der Waals surface area contributed by atoms with Crippen LogP contribution in [0.2, 0.25) is 0 Å². The molecule has 15 heavy (non-hydrogen) atoms. The molecule has 1 rings (SSSR count). The molecule has 1 fully saturated rings. The second kappa shape index (κ2) is 5.95. The van der Waals surface area contributed by atoms with Crippen molar-refractivity contribution in [3.05, 3.63) is 0 Å². The zero-order chi connectivity index (χ0) is 11.3. The van der Waals surface area contributed by atoms with E-state index < -0.39 is 0 Å². The standard InChI is InChI=1S/C11H22N2O2/c1-9-4-6-13(7-5-9)11(14)12-10(2)8-15-3/h9-10H,4-8H2,1-3H3,(H,12,14). The fourth-order valence-corrected chi connectivity index (χ4v) is 1.81. The number of urea groups is 1. The maximum Gasteiger partial charge on any atom is 0.317 e. The van der Waals surface area contributed by atoms with Gasteiger partial charge in [-0.1, -0.05) is 6.92 Å². The minimum Gasteiger partial charge on any atom is -0.383 e. The number of amides is 2. The first-order valence-electron chi connectivity index (χ1n) is 5.68. The van der Waals surface area contributed by atoms with Gasteiger partial charge >= 0.3 is 6.03 Å². The Bertz CT molecular complexity index is 201. The number of nitrogens with zero attached hydrogens (tertiary/aromatic N) is 1. The number of ether oxygens (including phenoxy) is 1. The predicted octanol–water partition coefficient (Wildman–Crippen LogP) is 1.46. The molecule has 1 aliphatic heterocycles. The van der Waals surface area contributed by atoms with Crippen molar-refractivity contribution in [1.29, 1.82) is 0 Å². The molecule has 1 aliphatic rings. The van der Waals surface area contributed by atoms with Gasteiger partial charge < -0.3 is 15.0 Å². The van der Waals surface area contributed by atoms with Crippen LogP contribution in [-0.4, -0.2) is 43.8 Å². The summed E-state index contributed by atoms with van der Waals surface area (Å²) in [6, 6.07) is 0.133. The van der Waals surface area contributed by atoms with Crippen LogP contribution in [0.4, 0.5) is 4.79 Å². The zero-order valence-corrected chi connectivity index (χ0v) is 9.95. The Kier molecular flexibility index (Phi) is 4.88. The lowest BCUT2D eigenvalue weighted by Gasteiger charge is -2.31. The maximum atomic E-state index is 11.7. The molecule has 2 amide bonds. The number of hydrogen-bond donors (Lipinski definition) is 1. The second-order valence-electron chi connectivity index (χ2n) is 4.48. The van der Waals surface area contributed by atoms with Crippen molar-refractivity contribution < 1.29 is 9.53 Å². The Morgan fingerprint density at radius 3 is 2.67 bits per heavy atom. The molecule has 1 N–H and O–H groups in total. The van der Waals surface area contributed by atoms with Gasteiger partial charge in [-0.15, -0.1) is 0 Å². The third-order valence-electron chi connectivity index (χ3n) is 2.86. The number of carbonyl (C=O) groups excluding carboxylic acids is 1. The average molecular weight is 214 g/mol. The Morgan fingerprint density at radius 1 is 1.53 bits per heavy atom. The summed E-state index contributed by atoms with van der Waals surface area (Å²) in [6.07, 6.45) is 2.23. The highest BCUT2D eigenvalue weighted by atomic mass is 16.5. The van der Waals surface area contributed by atoms with Gasteiger partial charge in [0.05, 0.1) is 12.6 Å². The molecular formula is C11H22N2O2. The number of piperidine rings is 1. The first kappa shape index (κ1) is 12.3. The van der Waals surface area contributed by atoms with E-state index in [0.29, 0.717) is 6.61 Å². The Hall–Kier alpha value is -0.770. The van der Waals surface area contributed by atoms with Crippen LogP contribution in [0.1, 0.15) is 26.7 Å². The summed E-state index contributed by atoms with van der Waals surface area (Å²) in [7, 11) is 1.64. The summed E-state index contributed by atoms with van der Waals surface area (Å²) >= 11 is 0. The normalized spacial score (nSPS) is 20.1. The molecule has 0 aromatic carbocycles. The number of nitrogens with one attached hydrogen (secondary N) is 1. The van der Waals surface area contributed by atoms with Gasteiger partial charge in [-0.2, -0.15) is 0 Å². The molecule has 0 spiro atoms. The molecule has 1 atom stereocenters. The van der Waals surface area contributed by atoms with E-state index in [1.165, 1.54) is 0 Å². The topological polar surface area (TPSA) is 41.6 Å². The Labute approximate surface area is 92.0 Å². The molecule has 1 heterocycles. The zero-order valence-electron chi connectivity index (χ0n) is 9.95. The first-order chi connectivity index (χ1) is 7.13.